The summed E-state index contributed by atoms with van der Waals surface area (Å²) >= 11 is 0. The Morgan fingerprint density at radius 1 is 1.03 bits per heavy atom. The number of benzene rings is 2. The van der Waals surface area contributed by atoms with Crippen LogP contribution < -0.4 is 20.1 Å². The number of para-hydroxylation sites is 2. The smallest absolute Gasteiger partial charge is 0.191 e. The van der Waals surface area contributed by atoms with Crippen molar-refractivity contribution in [2.45, 2.75) is 44.9 Å². The van der Waals surface area contributed by atoms with Crippen LogP contribution in [0.3, 0.4) is 0 Å². The zero-order valence-corrected chi connectivity index (χ0v) is 19.2. The third-order valence-electron chi connectivity index (χ3n) is 5.88. The van der Waals surface area contributed by atoms with Crippen molar-refractivity contribution in [3.63, 3.8) is 0 Å². The second kappa shape index (κ2) is 11.6. The van der Waals surface area contributed by atoms with Crippen LogP contribution in [0.1, 0.15) is 38.3 Å². The molecule has 2 unspecified atom stereocenters. The van der Waals surface area contributed by atoms with E-state index in [4.69, 9.17) is 9.47 Å². The molecule has 2 N–H and O–H groups in total. The summed E-state index contributed by atoms with van der Waals surface area (Å²) in [5, 5.41) is 6.97. The van der Waals surface area contributed by atoms with Gasteiger partial charge in [0.25, 0.3) is 0 Å². The van der Waals surface area contributed by atoms with Gasteiger partial charge in [0.2, 0.25) is 0 Å². The van der Waals surface area contributed by atoms with Crippen LogP contribution in [-0.2, 0) is 0 Å². The summed E-state index contributed by atoms with van der Waals surface area (Å²) in [4.78, 5) is 6.96. The molecule has 0 saturated carbocycles. The summed E-state index contributed by atoms with van der Waals surface area (Å²) in [7, 11) is 3.47. The van der Waals surface area contributed by atoms with E-state index in [1.807, 2.05) is 38.2 Å². The van der Waals surface area contributed by atoms with E-state index in [1.54, 1.807) is 7.11 Å². The first-order valence-corrected chi connectivity index (χ1v) is 11.2. The molecule has 1 aliphatic rings. The van der Waals surface area contributed by atoms with Gasteiger partial charge in [-0.05, 0) is 44.4 Å². The maximum Gasteiger partial charge on any atom is 0.191 e. The fourth-order valence-electron chi connectivity index (χ4n) is 3.98. The summed E-state index contributed by atoms with van der Waals surface area (Å²) < 4.78 is 11.4. The van der Waals surface area contributed by atoms with E-state index in [2.05, 4.69) is 57.8 Å². The van der Waals surface area contributed by atoms with Gasteiger partial charge in [-0.3, -0.25) is 9.89 Å². The van der Waals surface area contributed by atoms with Crippen LogP contribution >= 0.6 is 0 Å². The SMILES string of the molecule is CN=C(NCC(C)Oc1ccccc1OC)NC1CCN(C(C)c2ccccc2)CC1. The highest BCUT2D eigenvalue weighted by atomic mass is 16.5. The van der Waals surface area contributed by atoms with Crippen LogP contribution in [0.15, 0.2) is 59.6 Å². The van der Waals surface area contributed by atoms with Crippen molar-refractivity contribution in [3.8, 4) is 11.5 Å². The number of guanidine groups is 1. The first kappa shape index (κ1) is 22.9. The van der Waals surface area contributed by atoms with Gasteiger partial charge in [-0.25, -0.2) is 0 Å². The van der Waals surface area contributed by atoms with E-state index < -0.39 is 0 Å². The number of piperidine rings is 1. The van der Waals surface area contributed by atoms with Gasteiger partial charge in [0, 0.05) is 32.2 Å². The van der Waals surface area contributed by atoms with E-state index in [-0.39, 0.29) is 6.10 Å². The molecule has 0 radical (unpaired) electrons. The third-order valence-corrected chi connectivity index (χ3v) is 5.88. The highest BCUT2D eigenvalue weighted by molar-refractivity contribution is 5.80. The van der Waals surface area contributed by atoms with Crippen molar-refractivity contribution >= 4 is 5.96 Å². The van der Waals surface area contributed by atoms with Gasteiger partial charge in [-0.15, -0.1) is 0 Å². The summed E-state index contributed by atoms with van der Waals surface area (Å²) in [5.41, 5.74) is 1.38. The Balaban J connectivity index is 1.42. The minimum Gasteiger partial charge on any atom is -0.493 e. The fourth-order valence-corrected chi connectivity index (χ4v) is 3.98. The molecule has 31 heavy (non-hydrogen) atoms. The molecular formula is C25H36N4O2. The standard InChI is InChI=1S/C25H36N4O2/c1-19(31-24-13-9-8-12-23(24)30-4)18-27-25(26-3)28-22-14-16-29(17-15-22)20(2)21-10-6-5-7-11-21/h5-13,19-20,22H,14-18H2,1-4H3,(H2,26,27,28). The van der Waals surface area contributed by atoms with Crippen molar-refractivity contribution in [2.24, 2.45) is 4.99 Å². The van der Waals surface area contributed by atoms with E-state index in [0.29, 0.717) is 18.6 Å². The second-order valence-corrected chi connectivity index (χ2v) is 8.07. The van der Waals surface area contributed by atoms with Crippen LogP contribution in [0.5, 0.6) is 11.5 Å². The predicted octanol–water partition coefficient (Wildman–Crippen LogP) is 3.85. The first-order valence-electron chi connectivity index (χ1n) is 11.2. The summed E-state index contributed by atoms with van der Waals surface area (Å²) in [6.07, 6.45) is 2.18. The molecule has 2 aromatic carbocycles. The molecule has 1 fully saturated rings. The maximum atomic E-state index is 6.03. The number of hydrogen-bond donors (Lipinski definition) is 2. The molecule has 168 valence electrons. The monoisotopic (exact) mass is 424 g/mol. The quantitative estimate of drug-likeness (QED) is 0.498. The number of ether oxygens (including phenoxy) is 2. The van der Waals surface area contributed by atoms with Crippen LogP contribution in [0, 0.1) is 0 Å². The fraction of sp³-hybridized carbons (Fsp3) is 0.480. The Morgan fingerprint density at radius 3 is 2.32 bits per heavy atom. The molecular weight excluding hydrogens is 388 g/mol. The Hall–Kier alpha value is -2.73. The highest BCUT2D eigenvalue weighted by Gasteiger charge is 2.24. The molecule has 0 amide bonds. The summed E-state index contributed by atoms with van der Waals surface area (Å²) in [5.74, 6) is 2.32. The molecule has 0 aliphatic carbocycles. The lowest BCUT2D eigenvalue weighted by molar-refractivity contribution is 0.158. The van der Waals surface area contributed by atoms with E-state index in [1.165, 1.54) is 5.56 Å². The first-order chi connectivity index (χ1) is 15.1. The number of hydrogen-bond acceptors (Lipinski definition) is 4. The topological polar surface area (TPSA) is 58.1 Å². The predicted molar refractivity (Wildman–Crippen MR) is 127 cm³/mol. The van der Waals surface area contributed by atoms with Crippen molar-refractivity contribution in [2.75, 3.05) is 33.8 Å². The molecule has 1 aliphatic heterocycles. The van der Waals surface area contributed by atoms with Crippen molar-refractivity contribution < 1.29 is 9.47 Å². The van der Waals surface area contributed by atoms with E-state index in [9.17, 15) is 0 Å². The van der Waals surface area contributed by atoms with E-state index >= 15 is 0 Å². The molecule has 6 nitrogen and oxygen atoms in total. The Morgan fingerprint density at radius 2 is 1.68 bits per heavy atom. The molecule has 2 aromatic rings. The maximum absolute atomic E-state index is 6.03. The number of nitrogens with zero attached hydrogens (tertiary/aromatic N) is 2. The molecule has 0 spiro atoms. The molecule has 0 bridgehead atoms. The minimum atomic E-state index is -0.0246. The Bertz CT molecular complexity index is 819. The van der Waals surface area contributed by atoms with Crippen LogP contribution in [-0.4, -0.2) is 56.8 Å². The number of likely N-dealkylation sites (tertiary alicyclic amines) is 1. The van der Waals surface area contributed by atoms with Crippen molar-refractivity contribution in [1.82, 2.24) is 15.5 Å². The average Bonchev–Trinajstić information content (AvgIpc) is 2.82. The van der Waals surface area contributed by atoms with Gasteiger partial charge in [0.15, 0.2) is 17.5 Å². The summed E-state index contributed by atoms with van der Waals surface area (Å²) in [6, 6.07) is 19.3. The van der Waals surface area contributed by atoms with Gasteiger partial charge in [-0.1, -0.05) is 42.5 Å². The Labute approximate surface area is 186 Å². The Kier molecular flexibility index (Phi) is 8.59. The zero-order chi connectivity index (χ0) is 22.1. The average molecular weight is 425 g/mol. The second-order valence-electron chi connectivity index (χ2n) is 8.07. The number of aliphatic imine (C=N–C) groups is 1. The van der Waals surface area contributed by atoms with Gasteiger partial charge < -0.3 is 20.1 Å². The molecule has 1 heterocycles. The molecule has 0 aromatic heterocycles. The lowest BCUT2D eigenvalue weighted by Gasteiger charge is -2.37. The van der Waals surface area contributed by atoms with Crippen LogP contribution in [0.2, 0.25) is 0 Å². The van der Waals surface area contributed by atoms with Gasteiger partial charge >= 0.3 is 0 Å². The minimum absolute atomic E-state index is 0.0246. The molecule has 6 heteroatoms. The van der Waals surface area contributed by atoms with Crippen molar-refractivity contribution in [3.05, 3.63) is 60.2 Å². The number of rotatable bonds is 8. The lowest BCUT2D eigenvalue weighted by atomic mass is 10.0. The van der Waals surface area contributed by atoms with E-state index in [0.717, 1.165) is 43.4 Å². The molecule has 1 saturated heterocycles. The van der Waals surface area contributed by atoms with Gasteiger partial charge in [0.1, 0.15) is 6.10 Å². The summed E-state index contributed by atoms with van der Waals surface area (Å²) in [6.45, 7) is 7.15. The number of nitrogens with one attached hydrogen (secondary N) is 2. The van der Waals surface area contributed by atoms with Gasteiger partial charge in [-0.2, -0.15) is 0 Å². The normalized spacial score (nSPS) is 17.6. The van der Waals surface area contributed by atoms with Crippen molar-refractivity contribution in [1.29, 1.82) is 0 Å². The zero-order valence-electron chi connectivity index (χ0n) is 19.2. The molecule has 3 rings (SSSR count). The van der Waals surface area contributed by atoms with Crippen LogP contribution in [0.25, 0.3) is 0 Å². The largest absolute Gasteiger partial charge is 0.493 e. The number of methoxy groups -OCH3 is 1. The van der Waals surface area contributed by atoms with Gasteiger partial charge in [0.05, 0.1) is 13.7 Å². The van der Waals surface area contributed by atoms with Crippen LogP contribution in [0.4, 0.5) is 0 Å². The highest BCUT2D eigenvalue weighted by Crippen LogP contribution is 2.27. The third kappa shape index (κ3) is 6.62. The molecule has 2 atom stereocenters. The lowest BCUT2D eigenvalue weighted by Crippen LogP contribution is -2.50.